The van der Waals surface area contributed by atoms with Crippen LogP contribution < -0.4 is 11.2 Å². The van der Waals surface area contributed by atoms with Crippen molar-refractivity contribution in [3.8, 4) is 0 Å². The van der Waals surface area contributed by atoms with E-state index >= 15 is 0 Å². The Kier molecular flexibility index (Phi) is 4.06. The summed E-state index contributed by atoms with van der Waals surface area (Å²) in [6.45, 7) is 4.25. The van der Waals surface area contributed by atoms with Crippen molar-refractivity contribution in [1.82, 2.24) is 23.6 Å². The van der Waals surface area contributed by atoms with Crippen LogP contribution in [0, 0.1) is 0 Å². The Balaban J connectivity index is 2.19. The van der Waals surface area contributed by atoms with Crippen LogP contribution in [0.1, 0.15) is 32.7 Å². The smallest absolute Gasteiger partial charge is 0.332 e. The van der Waals surface area contributed by atoms with E-state index in [2.05, 4.69) is 4.98 Å². The zero-order valence-corrected chi connectivity index (χ0v) is 14.9. The van der Waals surface area contributed by atoms with E-state index in [0.717, 1.165) is 4.57 Å². The molecule has 3 heterocycles. The van der Waals surface area contributed by atoms with Gasteiger partial charge >= 0.3 is 5.69 Å². The first-order valence-corrected chi connectivity index (χ1v) is 8.31. The number of carbonyl (C=O) groups excluding carboxylic acids is 1. The fourth-order valence-electron chi connectivity index (χ4n) is 3.46. The number of imidazole rings is 1. The van der Waals surface area contributed by atoms with E-state index in [-0.39, 0.29) is 23.6 Å². The molecular formula is C16H23N5O4. The molecule has 0 aromatic carbocycles. The van der Waals surface area contributed by atoms with E-state index in [1.165, 1.54) is 17.9 Å². The minimum absolute atomic E-state index is 0.00484. The third-order valence-electron chi connectivity index (χ3n) is 5.16. The molecule has 9 heteroatoms. The normalized spacial score (nSPS) is 24.0. The second kappa shape index (κ2) is 5.83. The van der Waals surface area contributed by atoms with E-state index in [1.54, 1.807) is 30.4 Å². The maximum Gasteiger partial charge on any atom is 0.332 e. The summed E-state index contributed by atoms with van der Waals surface area (Å²) in [4.78, 5) is 42.7. The zero-order valence-electron chi connectivity index (χ0n) is 14.9. The number of likely N-dealkylation sites (tertiary alicyclic amines) is 1. The minimum atomic E-state index is -1.10. The second-order valence-corrected chi connectivity index (χ2v) is 6.85. The Morgan fingerprint density at radius 2 is 2.04 bits per heavy atom. The quantitative estimate of drug-likeness (QED) is 0.778. The first-order chi connectivity index (χ1) is 11.7. The summed E-state index contributed by atoms with van der Waals surface area (Å²) in [6, 6.07) is -0.521. The Labute approximate surface area is 144 Å². The van der Waals surface area contributed by atoms with Crippen LogP contribution in [0.4, 0.5) is 0 Å². The molecule has 1 N–H and O–H groups in total. The predicted molar refractivity (Wildman–Crippen MR) is 91.4 cm³/mol. The lowest BCUT2D eigenvalue weighted by molar-refractivity contribution is -0.137. The van der Waals surface area contributed by atoms with Gasteiger partial charge in [-0.2, -0.15) is 0 Å². The van der Waals surface area contributed by atoms with Crippen LogP contribution in [0.3, 0.4) is 0 Å². The summed E-state index contributed by atoms with van der Waals surface area (Å²) >= 11 is 0. The average molecular weight is 349 g/mol. The number of rotatable bonds is 2. The van der Waals surface area contributed by atoms with Crippen molar-refractivity contribution in [1.29, 1.82) is 0 Å². The van der Waals surface area contributed by atoms with E-state index in [9.17, 15) is 19.5 Å². The molecule has 1 saturated heterocycles. The number of aryl methyl sites for hydroxylation is 1. The number of aromatic nitrogens is 4. The van der Waals surface area contributed by atoms with Crippen molar-refractivity contribution in [2.75, 3.05) is 13.1 Å². The second-order valence-electron chi connectivity index (χ2n) is 6.85. The van der Waals surface area contributed by atoms with E-state index in [4.69, 9.17) is 0 Å². The summed E-state index contributed by atoms with van der Waals surface area (Å²) in [5, 5.41) is 10.9. The Bertz CT molecular complexity index is 952. The number of piperidine rings is 1. The standard InChI is InChI=1S/C16H23N5O4/c1-5-11(22)20-7-6-16(2,25)10(8-20)21-9-17-13-12(21)14(23)19(4)15(24)18(13)3/h9-10,25H,5-8H2,1-4H3/t10-,16-/m0/s1. The van der Waals surface area contributed by atoms with Gasteiger partial charge in [-0.1, -0.05) is 6.92 Å². The highest BCUT2D eigenvalue weighted by atomic mass is 16.3. The third-order valence-corrected chi connectivity index (χ3v) is 5.16. The molecule has 0 spiro atoms. The van der Waals surface area contributed by atoms with Crippen molar-refractivity contribution >= 4 is 17.1 Å². The molecule has 0 bridgehead atoms. The lowest BCUT2D eigenvalue weighted by Crippen LogP contribution is -2.52. The Morgan fingerprint density at radius 1 is 1.36 bits per heavy atom. The van der Waals surface area contributed by atoms with Crippen LogP contribution in [-0.2, 0) is 18.9 Å². The van der Waals surface area contributed by atoms with Gasteiger partial charge in [0.1, 0.15) is 0 Å². The SMILES string of the molecule is CCC(=O)N1CC[C@](C)(O)[C@@H](n2cnc3c2c(=O)n(C)c(=O)n3C)C1. The highest BCUT2D eigenvalue weighted by molar-refractivity contribution is 5.76. The zero-order chi connectivity index (χ0) is 18.5. The number of hydrogen-bond acceptors (Lipinski definition) is 5. The molecule has 1 aliphatic rings. The van der Waals surface area contributed by atoms with Gasteiger partial charge < -0.3 is 14.6 Å². The molecule has 2 aromatic heterocycles. The summed E-state index contributed by atoms with van der Waals surface area (Å²) < 4.78 is 3.93. The number of aliphatic hydroxyl groups is 1. The molecule has 1 aliphatic heterocycles. The van der Waals surface area contributed by atoms with Crippen molar-refractivity contribution in [3.05, 3.63) is 27.2 Å². The van der Waals surface area contributed by atoms with Crippen molar-refractivity contribution < 1.29 is 9.90 Å². The molecular weight excluding hydrogens is 326 g/mol. The van der Waals surface area contributed by atoms with E-state index in [1.807, 2.05) is 0 Å². The molecule has 0 unspecified atom stereocenters. The highest BCUT2D eigenvalue weighted by Crippen LogP contribution is 2.33. The van der Waals surface area contributed by atoms with Gasteiger partial charge in [-0.25, -0.2) is 9.78 Å². The van der Waals surface area contributed by atoms with Crippen LogP contribution in [0.15, 0.2) is 15.9 Å². The molecule has 3 rings (SSSR count). The molecule has 0 radical (unpaired) electrons. The third kappa shape index (κ3) is 2.58. The molecule has 25 heavy (non-hydrogen) atoms. The molecule has 1 amide bonds. The van der Waals surface area contributed by atoms with Gasteiger partial charge in [-0.3, -0.25) is 18.7 Å². The predicted octanol–water partition coefficient (Wildman–Crippen LogP) is -0.632. The topological polar surface area (TPSA) is 102 Å². The number of nitrogens with zero attached hydrogens (tertiary/aromatic N) is 5. The molecule has 2 aromatic rings. The monoisotopic (exact) mass is 349 g/mol. The first-order valence-electron chi connectivity index (χ1n) is 8.31. The molecule has 9 nitrogen and oxygen atoms in total. The number of hydrogen-bond donors (Lipinski definition) is 1. The van der Waals surface area contributed by atoms with E-state index in [0.29, 0.717) is 19.4 Å². The van der Waals surface area contributed by atoms with Crippen LogP contribution in [0.2, 0.25) is 0 Å². The molecule has 1 fully saturated rings. The maximum absolute atomic E-state index is 12.6. The van der Waals surface area contributed by atoms with Gasteiger partial charge in [-0.05, 0) is 13.3 Å². The fourth-order valence-corrected chi connectivity index (χ4v) is 3.46. The van der Waals surface area contributed by atoms with Gasteiger partial charge in [0.15, 0.2) is 11.2 Å². The first kappa shape index (κ1) is 17.4. The lowest BCUT2D eigenvalue weighted by atomic mass is 9.88. The summed E-state index contributed by atoms with van der Waals surface area (Å²) in [6.07, 6.45) is 2.25. The molecule has 0 aliphatic carbocycles. The fraction of sp³-hybridized carbons (Fsp3) is 0.625. The summed E-state index contributed by atoms with van der Waals surface area (Å²) in [5.41, 5.74) is -1.51. The van der Waals surface area contributed by atoms with Crippen LogP contribution in [-0.4, -0.2) is 53.3 Å². The molecule has 2 atom stereocenters. The largest absolute Gasteiger partial charge is 0.388 e. The lowest BCUT2D eigenvalue weighted by Gasteiger charge is -2.43. The van der Waals surface area contributed by atoms with Crippen LogP contribution >= 0.6 is 0 Å². The summed E-state index contributed by atoms with van der Waals surface area (Å²) in [5.74, 6) is 0.00484. The van der Waals surface area contributed by atoms with Gasteiger partial charge in [0.05, 0.1) is 18.0 Å². The van der Waals surface area contributed by atoms with Crippen LogP contribution in [0.25, 0.3) is 11.2 Å². The molecule has 136 valence electrons. The summed E-state index contributed by atoms with van der Waals surface area (Å²) in [7, 11) is 2.96. The minimum Gasteiger partial charge on any atom is -0.388 e. The highest BCUT2D eigenvalue weighted by Gasteiger charge is 2.41. The van der Waals surface area contributed by atoms with Crippen molar-refractivity contribution in [2.24, 2.45) is 14.1 Å². The van der Waals surface area contributed by atoms with Gasteiger partial charge in [0, 0.05) is 33.6 Å². The van der Waals surface area contributed by atoms with Crippen molar-refractivity contribution in [2.45, 2.75) is 38.3 Å². The number of amides is 1. The van der Waals surface area contributed by atoms with Gasteiger partial charge in [0.25, 0.3) is 5.56 Å². The number of carbonyl (C=O) groups is 1. The Hall–Kier alpha value is -2.42. The maximum atomic E-state index is 12.6. The van der Waals surface area contributed by atoms with E-state index < -0.39 is 22.9 Å². The van der Waals surface area contributed by atoms with Gasteiger partial charge in [0.2, 0.25) is 5.91 Å². The van der Waals surface area contributed by atoms with Crippen molar-refractivity contribution in [3.63, 3.8) is 0 Å². The number of fused-ring (bicyclic) bond motifs is 1. The average Bonchev–Trinajstić information content (AvgIpc) is 3.02. The van der Waals surface area contributed by atoms with Crippen LogP contribution in [0.5, 0.6) is 0 Å². The Morgan fingerprint density at radius 3 is 2.68 bits per heavy atom. The molecule has 0 saturated carbocycles. The van der Waals surface area contributed by atoms with Gasteiger partial charge in [-0.15, -0.1) is 0 Å².